The molecule has 1 unspecified atom stereocenters. The quantitative estimate of drug-likeness (QED) is 0.740. The summed E-state index contributed by atoms with van der Waals surface area (Å²) in [6.45, 7) is 0. The van der Waals surface area contributed by atoms with Crippen LogP contribution in [-0.2, 0) is 0 Å². The molecule has 2 rings (SSSR count). The molecule has 1 nitrogen and oxygen atoms in total. The highest BCUT2D eigenvalue weighted by Gasteiger charge is 2.14. The van der Waals surface area contributed by atoms with Gasteiger partial charge in [-0.05, 0) is 30.5 Å². The van der Waals surface area contributed by atoms with Crippen LogP contribution in [0.1, 0.15) is 17.7 Å². The van der Waals surface area contributed by atoms with Crippen molar-refractivity contribution in [2.45, 2.75) is 18.9 Å². The van der Waals surface area contributed by atoms with Gasteiger partial charge in [0.25, 0.3) is 0 Å². The molecule has 0 bridgehead atoms. The van der Waals surface area contributed by atoms with Crippen molar-refractivity contribution in [3.05, 3.63) is 27.4 Å². The molecule has 2 N–H and O–H groups in total. The maximum absolute atomic E-state index is 5.84. The van der Waals surface area contributed by atoms with Gasteiger partial charge in [0.2, 0.25) is 0 Å². The molecule has 1 aliphatic rings. The van der Waals surface area contributed by atoms with Gasteiger partial charge in [0, 0.05) is 10.9 Å². The van der Waals surface area contributed by atoms with Crippen molar-refractivity contribution in [2.24, 2.45) is 5.73 Å². The lowest BCUT2D eigenvalue weighted by Gasteiger charge is -1.93. The molecule has 64 valence electrons. The van der Waals surface area contributed by atoms with Crippen LogP contribution in [0.15, 0.2) is 18.2 Å². The fraction of sp³-hybridized carbons (Fsp3) is 0.333. The van der Waals surface area contributed by atoms with Crippen molar-refractivity contribution in [2.75, 3.05) is 0 Å². The zero-order valence-electron chi connectivity index (χ0n) is 6.59. The van der Waals surface area contributed by atoms with Crippen LogP contribution in [0.25, 0.3) is 5.57 Å². The number of thiophene rings is 1. The van der Waals surface area contributed by atoms with E-state index in [0.717, 1.165) is 17.2 Å². The number of rotatable bonds is 1. The third-order valence-corrected chi connectivity index (χ3v) is 3.36. The fourth-order valence-corrected chi connectivity index (χ4v) is 2.54. The Bertz CT molecular complexity index is 316. The molecule has 1 heterocycles. The lowest BCUT2D eigenvalue weighted by molar-refractivity contribution is 0.783. The van der Waals surface area contributed by atoms with Crippen molar-refractivity contribution in [3.8, 4) is 0 Å². The number of hydrogen-bond acceptors (Lipinski definition) is 2. The van der Waals surface area contributed by atoms with Crippen LogP contribution in [0.3, 0.4) is 0 Å². The van der Waals surface area contributed by atoms with Gasteiger partial charge in [0.1, 0.15) is 0 Å². The monoisotopic (exact) mass is 199 g/mol. The number of nitrogens with two attached hydrogens (primary N) is 1. The van der Waals surface area contributed by atoms with Crippen LogP contribution in [0.5, 0.6) is 0 Å². The van der Waals surface area contributed by atoms with Gasteiger partial charge in [0.05, 0.1) is 4.34 Å². The highest BCUT2D eigenvalue weighted by molar-refractivity contribution is 7.17. The van der Waals surface area contributed by atoms with Crippen LogP contribution in [0.2, 0.25) is 4.34 Å². The lowest BCUT2D eigenvalue weighted by atomic mass is 10.2. The highest BCUT2D eigenvalue weighted by Crippen LogP contribution is 2.33. The second kappa shape index (κ2) is 3.21. The summed E-state index contributed by atoms with van der Waals surface area (Å²) in [6, 6.07) is 4.25. The SMILES string of the molecule is NC1C=C(c2ccc(Cl)s2)CC1. The van der Waals surface area contributed by atoms with E-state index in [1.54, 1.807) is 11.3 Å². The van der Waals surface area contributed by atoms with E-state index >= 15 is 0 Å². The van der Waals surface area contributed by atoms with Crippen molar-refractivity contribution in [1.82, 2.24) is 0 Å². The first-order valence-electron chi connectivity index (χ1n) is 3.98. The van der Waals surface area contributed by atoms with E-state index in [-0.39, 0.29) is 6.04 Å². The summed E-state index contributed by atoms with van der Waals surface area (Å²) >= 11 is 7.46. The Balaban J connectivity index is 2.26. The van der Waals surface area contributed by atoms with Crippen LogP contribution >= 0.6 is 22.9 Å². The summed E-state index contributed by atoms with van der Waals surface area (Å²) in [4.78, 5) is 1.27. The topological polar surface area (TPSA) is 26.0 Å². The zero-order chi connectivity index (χ0) is 8.55. The molecule has 1 aromatic heterocycles. The zero-order valence-corrected chi connectivity index (χ0v) is 8.16. The molecule has 3 heteroatoms. The molecule has 0 aliphatic heterocycles. The minimum absolute atomic E-state index is 0.251. The minimum Gasteiger partial charge on any atom is -0.324 e. The second-order valence-corrected chi connectivity index (χ2v) is 4.71. The van der Waals surface area contributed by atoms with E-state index in [4.69, 9.17) is 17.3 Å². The van der Waals surface area contributed by atoms with Crippen molar-refractivity contribution in [3.63, 3.8) is 0 Å². The van der Waals surface area contributed by atoms with Gasteiger partial charge in [0.15, 0.2) is 0 Å². The highest BCUT2D eigenvalue weighted by atomic mass is 35.5. The Morgan fingerprint density at radius 1 is 1.50 bits per heavy atom. The molecule has 0 radical (unpaired) electrons. The first-order chi connectivity index (χ1) is 5.75. The molecule has 1 aliphatic carbocycles. The molecular formula is C9H10ClNS. The summed E-state index contributed by atoms with van der Waals surface area (Å²) in [6.07, 6.45) is 4.31. The summed E-state index contributed by atoms with van der Waals surface area (Å²) in [5.41, 5.74) is 7.13. The van der Waals surface area contributed by atoms with Gasteiger partial charge in [-0.3, -0.25) is 0 Å². The van der Waals surface area contributed by atoms with Crippen LogP contribution in [-0.4, -0.2) is 6.04 Å². The molecule has 0 fully saturated rings. The van der Waals surface area contributed by atoms with Crippen molar-refractivity contribution in [1.29, 1.82) is 0 Å². The average Bonchev–Trinajstić information content (AvgIpc) is 2.58. The van der Waals surface area contributed by atoms with Crippen molar-refractivity contribution < 1.29 is 0 Å². The molecule has 12 heavy (non-hydrogen) atoms. The van der Waals surface area contributed by atoms with Crippen molar-refractivity contribution >= 4 is 28.5 Å². The van der Waals surface area contributed by atoms with Gasteiger partial charge in [-0.2, -0.15) is 0 Å². The summed E-state index contributed by atoms with van der Waals surface area (Å²) in [5.74, 6) is 0. The second-order valence-electron chi connectivity index (χ2n) is 3.00. The Morgan fingerprint density at radius 2 is 2.33 bits per heavy atom. The van der Waals surface area contributed by atoms with E-state index in [0.29, 0.717) is 0 Å². The average molecular weight is 200 g/mol. The van der Waals surface area contributed by atoms with Crippen LogP contribution in [0, 0.1) is 0 Å². The van der Waals surface area contributed by atoms with E-state index in [1.165, 1.54) is 10.5 Å². The molecule has 0 amide bonds. The predicted molar refractivity (Wildman–Crippen MR) is 54.5 cm³/mol. The smallest absolute Gasteiger partial charge is 0.0934 e. The maximum atomic E-state index is 5.84. The number of hydrogen-bond donors (Lipinski definition) is 1. The summed E-state index contributed by atoms with van der Waals surface area (Å²) in [7, 11) is 0. The molecule has 0 aromatic carbocycles. The minimum atomic E-state index is 0.251. The van der Waals surface area contributed by atoms with Gasteiger partial charge >= 0.3 is 0 Å². The molecular weight excluding hydrogens is 190 g/mol. The van der Waals surface area contributed by atoms with Crippen LogP contribution in [0.4, 0.5) is 0 Å². The maximum Gasteiger partial charge on any atom is 0.0934 e. The van der Waals surface area contributed by atoms with E-state index < -0.39 is 0 Å². The first kappa shape index (κ1) is 8.30. The largest absolute Gasteiger partial charge is 0.324 e. The number of halogens is 1. The Labute approximate surface area is 80.8 Å². The van der Waals surface area contributed by atoms with E-state index in [9.17, 15) is 0 Å². The van der Waals surface area contributed by atoms with Gasteiger partial charge in [-0.1, -0.05) is 17.7 Å². The summed E-state index contributed by atoms with van der Waals surface area (Å²) in [5, 5.41) is 0. The molecule has 0 saturated carbocycles. The van der Waals surface area contributed by atoms with Gasteiger partial charge < -0.3 is 5.73 Å². The van der Waals surface area contributed by atoms with E-state index in [1.807, 2.05) is 6.07 Å². The molecule has 1 aromatic rings. The Kier molecular flexibility index (Phi) is 2.22. The predicted octanol–water partition coefficient (Wildman–Crippen LogP) is 2.91. The summed E-state index contributed by atoms with van der Waals surface area (Å²) < 4.78 is 0.853. The Morgan fingerprint density at radius 3 is 2.83 bits per heavy atom. The molecule has 0 spiro atoms. The Hall–Kier alpha value is -0.310. The normalized spacial score (nSPS) is 22.8. The fourth-order valence-electron chi connectivity index (χ4n) is 1.44. The van der Waals surface area contributed by atoms with Gasteiger partial charge in [-0.15, -0.1) is 11.3 Å². The first-order valence-corrected chi connectivity index (χ1v) is 5.17. The van der Waals surface area contributed by atoms with Gasteiger partial charge in [-0.25, -0.2) is 0 Å². The van der Waals surface area contributed by atoms with Crippen LogP contribution < -0.4 is 5.73 Å². The third kappa shape index (κ3) is 1.56. The standard InChI is InChI=1S/C9H10ClNS/c10-9-4-3-8(12-9)6-1-2-7(11)5-6/h3-5,7H,1-2,11H2. The molecule has 1 atom stereocenters. The molecule has 0 saturated heterocycles. The lowest BCUT2D eigenvalue weighted by Crippen LogP contribution is -2.11. The third-order valence-electron chi connectivity index (χ3n) is 2.05. The number of allylic oxidation sites excluding steroid dienone is 1. The van der Waals surface area contributed by atoms with E-state index in [2.05, 4.69) is 12.1 Å².